The van der Waals surface area contributed by atoms with Gasteiger partial charge in [0.2, 0.25) is 5.91 Å². The number of carbonyl (C=O) groups is 1. The number of hydrogen-bond acceptors (Lipinski definition) is 2. The highest BCUT2D eigenvalue weighted by molar-refractivity contribution is 6.33. The van der Waals surface area contributed by atoms with Crippen molar-refractivity contribution in [1.82, 2.24) is 5.32 Å². The molecule has 1 amide bonds. The van der Waals surface area contributed by atoms with Gasteiger partial charge in [-0.1, -0.05) is 31.4 Å². The van der Waals surface area contributed by atoms with E-state index in [2.05, 4.69) is 17.6 Å². The van der Waals surface area contributed by atoms with E-state index in [1.54, 1.807) is 0 Å². The Bertz CT molecular complexity index is 509. The van der Waals surface area contributed by atoms with Crippen molar-refractivity contribution in [3.63, 3.8) is 0 Å². The van der Waals surface area contributed by atoms with E-state index in [4.69, 9.17) is 11.6 Å². The molecule has 21 heavy (non-hydrogen) atoms. The number of amides is 1. The molecular weight excluding hydrogens is 291 g/mol. The van der Waals surface area contributed by atoms with E-state index in [9.17, 15) is 9.18 Å². The molecule has 0 bridgehead atoms. The summed E-state index contributed by atoms with van der Waals surface area (Å²) in [4.78, 5) is 12.2. The second-order valence-electron chi connectivity index (χ2n) is 5.87. The number of rotatable bonds is 4. The Hall–Kier alpha value is -1.13. The van der Waals surface area contributed by atoms with E-state index in [1.807, 2.05) is 6.92 Å². The molecule has 0 heterocycles. The van der Waals surface area contributed by atoms with E-state index in [1.165, 1.54) is 37.5 Å². The number of nitrogens with one attached hydrogen (secondary N) is 2. The SMILES string of the molecule is C[C@H](N[C@H]1CCCC[C@@H]1C)C(=O)Nc1ccc(F)cc1Cl. The van der Waals surface area contributed by atoms with Crippen molar-refractivity contribution >= 4 is 23.2 Å². The first-order chi connectivity index (χ1) is 9.97. The minimum atomic E-state index is -0.416. The van der Waals surface area contributed by atoms with Gasteiger partial charge in [-0.15, -0.1) is 0 Å². The van der Waals surface area contributed by atoms with Crippen LogP contribution >= 0.6 is 11.6 Å². The molecule has 0 aromatic heterocycles. The van der Waals surface area contributed by atoms with Gasteiger partial charge in [0.1, 0.15) is 5.82 Å². The highest BCUT2D eigenvalue weighted by Gasteiger charge is 2.25. The highest BCUT2D eigenvalue weighted by atomic mass is 35.5. The highest BCUT2D eigenvalue weighted by Crippen LogP contribution is 2.25. The Morgan fingerprint density at radius 2 is 2.10 bits per heavy atom. The second-order valence-corrected chi connectivity index (χ2v) is 6.28. The monoisotopic (exact) mass is 312 g/mol. The third-order valence-corrected chi connectivity index (χ3v) is 4.47. The molecule has 1 aromatic carbocycles. The zero-order valence-electron chi connectivity index (χ0n) is 12.5. The lowest BCUT2D eigenvalue weighted by molar-refractivity contribution is -0.118. The first-order valence-corrected chi connectivity index (χ1v) is 7.87. The molecule has 2 rings (SSSR count). The normalized spacial score (nSPS) is 23.6. The first kappa shape index (κ1) is 16.2. The zero-order chi connectivity index (χ0) is 15.4. The molecule has 1 aliphatic rings. The minimum Gasteiger partial charge on any atom is -0.323 e. The maximum Gasteiger partial charge on any atom is 0.241 e. The van der Waals surface area contributed by atoms with Crippen LogP contribution in [0.3, 0.4) is 0 Å². The number of carbonyl (C=O) groups excluding carboxylic acids is 1. The molecule has 1 aromatic rings. The Labute approximate surface area is 130 Å². The van der Waals surface area contributed by atoms with Gasteiger partial charge < -0.3 is 10.6 Å². The molecule has 1 aliphatic carbocycles. The molecule has 0 spiro atoms. The first-order valence-electron chi connectivity index (χ1n) is 7.49. The van der Waals surface area contributed by atoms with E-state index in [0.29, 0.717) is 17.6 Å². The lowest BCUT2D eigenvalue weighted by Crippen LogP contribution is -2.47. The Balaban J connectivity index is 1.92. The molecule has 3 atom stereocenters. The average Bonchev–Trinajstić information content (AvgIpc) is 2.44. The zero-order valence-corrected chi connectivity index (χ0v) is 13.2. The van der Waals surface area contributed by atoms with Gasteiger partial charge in [-0.05, 0) is 43.9 Å². The molecule has 116 valence electrons. The van der Waals surface area contributed by atoms with Crippen LogP contribution in [-0.4, -0.2) is 18.0 Å². The Morgan fingerprint density at radius 3 is 2.76 bits per heavy atom. The van der Waals surface area contributed by atoms with Crippen LogP contribution in [0.1, 0.15) is 39.5 Å². The average molecular weight is 313 g/mol. The fraction of sp³-hybridized carbons (Fsp3) is 0.562. The minimum absolute atomic E-state index is 0.152. The molecule has 5 heteroatoms. The van der Waals surface area contributed by atoms with E-state index >= 15 is 0 Å². The van der Waals surface area contributed by atoms with Crippen LogP contribution in [0.5, 0.6) is 0 Å². The van der Waals surface area contributed by atoms with Gasteiger partial charge in [0.15, 0.2) is 0 Å². The largest absolute Gasteiger partial charge is 0.323 e. The lowest BCUT2D eigenvalue weighted by atomic mass is 9.85. The van der Waals surface area contributed by atoms with E-state index in [0.717, 1.165) is 6.42 Å². The summed E-state index contributed by atoms with van der Waals surface area (Å²) >= 11 is 5.92. The molecule has 1 saturated carbocycles. The van der Waals surface area contributed by atoms with Gasteiger partial charge >= 0.3 is 0 Å². The van der Waals surface area contributed by atoms with Crippen LogP contribution in [0.2, 0.25) is 5.02 Å². The topological polar surface area (TPSA) is 41.1 Å². The van der Waals surface area contributed by atoms with Crippen molar-refractivity contribution in [2.75, 3.05) is 5.32 Å². The Morgan fingerprint density at radius 1 is 1.38 bits per heavy atom. The summed E-state index contributed by atoms with van der Waals surface area (Å²) in [5, 5.41) is 6.34. The summed E-state index contributed by atoms with van der Waals surface area (Å²) in [7, 11) is 0. The molecule has 1 fully saturated rings. The predicted molar refractivity (Wildman–Crippen MR) is 84.1 cm³/mol. The molecule has 0 saturated heterocycles. The molecule has 2 N–H and O–H groups in total. The number of benzene rings is 1. The van der Waals surface area contributed by atoms with Crippen LogP contribution < -0.4 is 10.6 Å². The molecule has 3 nitrogen and oxygen atoms in total. The van der Waals surface area contributed by atoms with Gasteiger partial charge in [-0.2, -0.15) is 0 Å². The quantitative estimate of drug-likeness (QED) is 0.883. The fourth-order valence-corrected chi connectivity index (χ4v) is 3.01. The summed E-state index contributed by atoms with van der Waals surface area (Å²) in [6.07, 6.45) is 4.79. The molecule has 0 unspecified atom stereocenters. The van der Waals surface area contributed by atoms with Crippen LogP contribution in [-0.2, 0) is 4.79 Å². The number of hydrogen-bond donors (Lipinski definition) is 2. The maximum atomic E-state index is 13.0. The van der Waals surface area contributed by atoms with Crippen molar-refractivity contribution in [1.29, 1.82) is 0 Å². The van der Waals surface area contributed by atoms with Gasteiger partial charge in [0, 0.05) is 6.04 Å². The molecule has 0 aliphatic heterocycles. The molecule has 0 radical (unpaired) electrons. The van der Waals surface area contributed by atoms with Crippen molar-refractivity contribution in [2.45, 2.75) is 51.6 Å². The maximum absolute atomic E-state index is 13.0. The van der Waals surface area contributed by atoms with Crippen LogP contribution in [0, 0.1) is 11.7 Å². The standard InChI is InChI=1S/C16H22ClFN2O/c1-10-5-3-4-6-14(10)19-11(2)16(21)20-15-8-7-12(18)9-13(15)17/h7-11,14,19H,3-6H2,1-2H3,(H,20,21)/t10-,11-,14-/m0/s1. The van der Waals surface area contributed by atoms with Crippen LogP contribution in [0.25, 0.3) is 0 Å². The van der Waals surface area contributed by atoms with Crippen molar-refractivity contribution in [3.05, 3.63) is 29.0 Å². The van der Waals surface area contributed by atoms with Crippen LogP contribution in [0.4, 0.5) is 10.1 Å². The summed E-state index contributed by atoms with van der Waals surface area (Å²) in [5.41, 5.74) is 0.438. The van der Waals surface area contributed by atoms with Crippen molar-refractivity contribution in [2.24, 2.45) is 5.92 Å². The fourth-order valence-electron chi connectivity index (χ4n) is 2.79. The van der Waals surface area contributed by atoms with Gasteiger partial charge in [0.25, 0.3) is 0 Å². The smallest absolute Gasteiger partial charge is 0.241 e. The lowest BCUT2D eigenvalue weighted by Gasteiger charge is -2.31. The number of anilines is 1. The van der Waals surface area contributed by atoms with E-state index in [-0.39, 0.29) is 17.0 Å². The van der Waals surface area contributed by atoms with Crippen LogP contribution in [0.15, 0.2) is 18.2 Å². The second kappa shape index (κ2) is 7.23. The van der Waals surface area contributed by atoms with E-state index < -0.39 is 5.82 Å². The summed E-state index contributed by atoms with van der Waals surface area (Å²) in [6.45, 7) is 4.06. The van der Waals surface area contributed by atoms with Crippen molar-refractivity contribution < 1.29 is 9.18 Å². The predicted octanol–water partition coefficient (Wildman–Crippen LogP) is 3.97. The summed E-state index contributed by atoms with van der Waals surface area (Å²) in [6, 6.07) is 4.02. The Kier molecular flexibility index (Phi) is 5.59. The van der Waals surface area contributed by atoms with Gasteiger partial charge in [-0.25, -0.2) is 4.39 Å². The van der Waals surface area contributed by atoms with Gasteiger partial charge in [0.05, 0.1) is 16.8 Å². The summed E-state index contributed by atoms with van der Waals surface area (Å²) in [5.74, 6) is 0.0184. The number of halogens is 2. The van der Waals surface area contributed by atoms with Crippen molar-refractivity contribution in [3.8, 4) is 0 Å². The third-order valence-electron chi connectivity index (χ3n) is 4.16. The third kappa shape index (κ3) is 4.42. The summed E-state index contributed by atoms with van der Waals surface area (Å²) < 4.78 is 13.0. The molecular formula is C16H22ClFN2O. The van der Waals surface area contributed by atoms with Gasteiger partial charge in [-0.3, -0.25) is 4.79 Å².